The molecule has 4 fully saturated rings. The minimum Gasteiger partial charge on any atom is -0.481 e. The quantitative estimate of drug-likeness (QED) is 0.00889. The monoisotopic (exact) mass is 2100 g/mol. The van der Waals surface area contributed by atoms with Gasteiger partial charge in [-0.25, -0.2) is 12.6 Å². The number of likely N-dealkylation sites (tertiary alicyclic amines) is 1. The molecule has 4 aliphatic rings. The highest BCUT2D eigenvalue weighted by Crippen LogP contribution is 2.36. The Labute approximate surface area is 859 Å². The van der Waals surface area contributed by atoms with Gasteiger partial charge in [0.15, 0.2) is 7.37 Å². The van der Waals surface area contributed by atoms with E-state index in [1.165, 1.54) is 166 Å². The molecule has 1 aliphatic heterocycles. The number of rotatable bonds is 62. The van der Waals surface area contributed by atoms with Crippen LogP contribution in [-0.4, -0.2) is 358 Å². The second kappa shape index (κ2) is 81.0. The van der Waals surface area contributed by atoms with Crippen molar-refractivity contribution in [2.75, 3.05) is 175 Å². The summed E-state index contributed by atoms with van der Waals surface area (Å²) in [5.41, 5.74) is 17.0. The van der Waals surface area contributed by atoms with Gasteiger partial charge >= 0.3 is 5.97 Å². The molecule has 0 aromatic rings. The van der Waals surface area contributed by atoms with Gasteiger partial charge in [-0.05, 0) is 267 Å². The van der Waals surface area contributed by atoms with Gasteiger partial charge in [-0.15, -0.1) is 0 Å². The molecule has 13 N–H and O–H groups in total. The highest BCUT2D eigenvalue weighted by molar-refractivity contribution is 7.95. The smallest absolute Gasteiger partial charge is 0.305 e. The molecule has 1 heterocycles. The molecular weight excluding hydrogens is 1880 g/mol. The molecule has 836 valence electrons. The molecule has 30 nitrogen and oxygen atoms in total. The van der Waals surface area contributed by atoms with Gasteiger partial charge < -0.3 is 70.3 Å². The average Bonchev–Trinajstić information content (AvgIpc) is 0.871. The predicted octanol–water partition coefficient (Wildman–Crippen LogP) is 16.6. The number of ketones is 3. The lowest BCUT2D eigenvalue weighted by atomic mass is 9.90. The lowest BCUT2D eigenvalue weighted by Crippen LogP contribution is -2.49. The maximum absolute atomic E-state index is 12.1. The third-order valence-corrected chi connectivity index (χ3v) is 30.1. The van der Waals surface area contributed by atoms with E-state index in [1.807, 2.05) is 41.7 Å². The van der Waals surface area contributed by atoms with Gasteiger partial charge in [0, 0.05) is 103 Å². The van der Waals surface area contributed by atoms with Gasteiger partial charge in [-0.2, -0.15) is 8.42 Å². The number of unbranched alkanes of at least 4 members (excludes halogenated alkanes) is 1. The first-order valence-electron chi connectivity index (χ1n) is 53.9. The second-order valence-corrected chi connectivity index (χ2v) is 54.9. The van der Waals surface area contributed by atoms with Gasteiger partial charge in [0.05, 0.1) is 111 Å². The number of aliphatic carboxylic acids is 1. The van der Waals surface area contributed by atoms with Crippen molar-refractivity contribution in [1.29, 1.82) is 0 Å². The first-order valence-corrected chi connectivity index (χ1v) is 63.4. The number of carbonyl (C=O) groups is 6. The zero-order valence-electron chi connectivity index (χ0n) is 93.6. The summed E-state index contributed by atoms with van der Waals surface area (Å²) in [7, 11) is -7.79. The van der Waals surface area contributed by atoms with E-state index in [9.17, 15) is 63.8 Å². The zero-order valence-corrected chi connectivity index (χ0v) is 97.7. The fourth-order valence-corrected chi connectivity index (χ4v) is 19.7. The van der Waals surface area contributed by atoms with Crippen LogP contribution in [0.15, 0.2) is 0 Å². The number of hydrogen-bond donors (Lipinski definition) is 10. The average molecular weight is 2100 g/mol. The molecule has 0 spiro atoms. The number of nitrogens with two attached hydrogens (primary N) is 3. The van der Waals surface area contributed by atoms with Crippen LogP contribution in [0.25, 0.3) is 0 Å². The summed E-state index contributed by atoms with van der Waals surface area (Å²) in [5, 5.41) is 11.8. The van der Waals surface area contributed by atoms with Gasteiger partial charge in [0.1, 0.15) is 17.3 Å². The van der Waals surface area contributed by atoms with Crippen LogP contribution in [0.1, 0.15) is 356 Å². The summed E-state index contributed by atoms with van der Waals surface area (Å²) in [4.78, 5) is 93.0. The molecule has 35 heteroatoms. The van der Waals surface area contributed by atoms with E-state index in [-0.39, 0.29) is 55.0 Å². The molecule has 3 saturated carbocycles. The number of Topliss-reactive ketones (excluding diaryl/α,β-unsaturated/α-hetero) is 3. The van der Waals surface area contributed by atoms with Crippen molar-refractivity contribution in [2.45, 2.75) is 399 Å². The maximum atomic E-state index is 12.1. The van der Waals surface area contributed by atoms with Gasteiger partial charge in [-0.1, -0.05) is 187 Å². The summed E-state index contributed by atoms with van der Waals surface area (Å²) in [5.74, 6) is 13.6. The van der Waals surface area contributed by atoms with Crippen molar-refractivity contribution in [1.82, 2.24) is 39.6 Å². The summed E-state index contributed by atoms with van der Waals surface area (Å²) >= 11 is 0. The topological polar surface area (TPSA) is 439 Å². The Morgan fingerprint density at radius 3 is 1.29 bits per heavy atom. The summed E-state index contributed by atoms with van der Waals surface area (Å²) < 4.78 is 104. The SMILES string of the molecule is C=S(=O)(O)CC(N)C(=O)N(CCC(C)C)CCS(=O)(=O)O.C=S(=O)(O)CCN(CCC(C)C)C1CCCCC1.C=S(=O)(O)CCN(CCN)CCC(C)C.CC(=O)CCN(CCC(C)C)C1CCCCC1.CC(=O)CN1CCC(CCCC(C)C)CC1.CC(C)CCN(CCCP(C)(=O)O)C1CCCCC1.CC(C)N(C)C(=O)C(N)CCCC[N+](C)(C)C.CCCNC(CC(=O)O)C(=O)CCCC(C)C. The Hall–Kier alpha value is -2.94. The van der Waals surface area contributed by atoms with Crippen LogP contribution >= 0.6 is 7.37 Å². The number of nitrogens with one attached hydrogen (secondary N) is 1. The van der Waals surface area contributed by atoms with E-state index >= 15 is 0 Å². The molecule has 7 unspecified atom stereocenters. The van der Waals surface area contributed by atoms with E-state index in [2.05, 4.69) is 152 Å². The molecule has 2 amide bonds. The normalized spacial score (nSPS) is 17.4. The van der Waals surface area contributed by atoms with Crippen molar-refractivity contribution < 1.29 is 87.1 Å². The Morgan fingerprint density at radius 2 is 0.907 bits per heavy atom. The number of likely N-dealkylation sites (N-methyl/N-ethyl adjacent to an activating group) is 1. The number of quaternary nitrogens is 1. The van der Waals surface area contributed by atoms with E-state index in [0.29, 0.717) is 86.3 Å². The molecule has 0 aromatic carbocycles. The number of carboxylic acid groups (broad SMARTS) is 1. The maximum Gasteiger partial charge on any atom is 0.305 e. The second-order valence-electron chi connectivity index (χ2n) is 45.0. The lowest BCUT2D eigenvalue weighted by molar-refractivity contribution is -0.870. The number of amides is 2. The van der Waals surface area contributed by atoms with E-state index < -0.39 is 82.4 Å². The zero-order chi connectivity index (χ0) is 108. The van der Waals surface area contributed by atoms with Crippen LogP contribution in [0.5, 0.6) is 0 Å². The molecule has 140 heavy (non-hydrogen) atoms. The molecule has 0 radical (unpaired) electrons. The third-order valence-electron chi connectivity index (χ3n) is 25.8. The standard InChI is InChI=1S/C15H32NO2P.C15H29NO.C14H29NO2S.C14H27NO.C13H30N3O.C13H25NO3.C11H24N2O6S2.C10H24N2O2S/c1-14(2)10-12-16(11-7-13-19(3,17)18)15-8-5-4-6-9-15;1-13(2)9-11-16(12-10-14(3)17)15-7-5-4-6-8-15;1-13(2)9-10-15(11-12-18(3,16)17)14-7-5-4-6-8-14;1-12(2)5-4-6-14-7-9-15(10-8-14)11-13(3)16;1-11(2)15(3)13(17)12(14)9-7-8-10-16(4,5)6;1-4-8-14-11(9-13(16)17)12(15)7-5-6-10(2)3;1-9(2)4-5-13(6-7-21(17,18)19)11(14)10(12)8-20(3,15)16;1-10(2)4-6-12(7-5-11)8-9-15(3,13)14/h14-15H,4-13H2,1-3H3,(H,17,18);13,15H,4-12H2,1-3H3;13-14H,3-12H2,1-2H3,(H,16,17);12,14H,4-11H2,1-3H3;11-12H,7-10,14H2,1-6H3;10-11,14H,4-9H2,1-3H3,(H,16,17);9-10H,3-8,12H2,1-2H3,(H,15,16)(H,17,18,19);10H,3-9,11H2,1-2H3,(H,13,14)/q;;;;+1;;;. The summed E-state index contributed by atoms with van der Waals surface area (Å²) in [6, 6.07) is 0.228. The Morgan fingerprint density at radius 1 is 0.486 bits per heavy atom. The van der Waals surface area contributed by atoms with Crippen molar-refractivity contribution in [3.8, 4) is 0 Å². The number of hydrogen-bond acceptors (Lipinski definition) is 21. The Kier molecular flexibility index (Phi) is 82.9. The van der Waals surface area contributed by atoms with E-state index in [1.54, 1.807) is 18.7 Å². The van der Waals surface area contributed by atoms with Crippen LogP contribution in [-0.2, 0) is 72.9 Å². The largest absolute Gasteiger partial charge is 0.481 e. The molecule has 7 atom stereocenters. The molecule has 0 aromatic heterocycles. The number of carbonyl (C=O) groups excluding carboxylic acids is 5. The van der Waals surface area contributed by atoms with E-state index in [4.69, 9.17) is 36.0 Å². The highest BCUT2D eigenvalue weighted by Gasteiger charge is 2.30. The van der Waals surface area contributed by atoms with Crippen LogP contribution < -0.4 is 22.5 Å². The summed E-state index contributed by atoms with van der Waals surface area (Å²) in [6.07, 6.45) is 40.3. The summed E-state index contributed by atoms with van der Waals surface area (Å²) in [6.45, 7) is 55.2. The molecular formula is C105H220N12O18PS4+. The highest BCUT2D eigenvalue weighted by atomic mass is 32.2. The van der Waals surface area contributed by atoms with Gasteiger partial charge in [-0.3, -0.25) is 52.6 Å². The number of piperidine rings is 1. The van der Waals surface area contributed by atoms with E-state index in [0.717, 1.165) is 163 Å². The minimum atomic E-state index is -4.21. The first kappa shape index (κ1) is 143. The number of nitrogens with zero attached hydrogens (tertiary/aromatic N) is 8. The van der Waals surface area contributed by atoms with Crippen LogP contribution in [0.3, 0.4) is 0 Å². The van der Waals surface area contributed by atoms with Crippen molar-refractivity contribution in [2.24, 2.45) is 64.5 Å². The molecule has 4 rings (SSSR count). The fourth-order valence-electron chi connectivity index (χ4n) is 16.8. The van der Waals surface area contributed by atoms with Crippen molar-refractivity contribution >= 4 is 99.6 Å². The van der Waals surface area contributed by atoms with Crippen LogP contribution in [0.2, 0.25) is 0 Å². The molecule has 0 bridgehead atoms. The number of carboxylic acids is 1. The van der Waals surface area contributed by atoms with Gasteiger partial charge in [0.2, 0.25) is 11.8 Å². The van der Waals surface area contributed by atoms with Crippen LogP contribution in [0.4, 0.5) is 0 Å². The predicted molar refractivity (Wildman–Crippen MR) is 597 cm³/mol. The van der Waals surface area contributed by atoms with Crippen molar-refractivity contribution in [3.63, 3.8) is 0 Å². The third kappa shape index (κ3) is 92.4. The fraction of sp³-hybridized carbons (Fsp3) is 0.914. The van der Waals surface area contributed by atoms with Crippen molar-refractivity contribution in [3.05, 3.63) is 0 Å². The lowest BCUT2D eigenvalue weighted by Gasteiger charge is -2.35. The van der Waals surface area contributed by atoms with Gasteiger partial charge in [0.25, 0.3) is 10.1 Å². The van der Waals surface area contributed by atoms with Crippen LogP contribution in [0, 0.1) is 47.3 Å². The molecule has 1 saturated heterocycles. The Bertz CT molecular complexity index is 3700. The molecule has 3 aliphatic carbocycles. The minimum absolute atomic E-state index is 0.0292. The first-order chi connectivity index (χ1) is 64.7. The Balaban J connectivity index is -0.000000756.